The Hall–Kier alpha value is -1.29. The Morgan fingerprint density at radius 3 is 2.53 bits per heavy atom. The van der Waals surface area contributed by atoms with Crippen LogP contribution in [0.5, 0.6) is 0 Å². The molecular formula is C11H13N3S. The van der Waals surface area contributed by atoms with E-state index in [2.05, 4.69) is 41.4 Å². The number of hydrogen-bond acceptors (Lipinski definition) is 3. The van der Waals surface area contributed by atoms with Crippen LogP contribution >= 0.6 is 11.8 Å². The van der Waals surface area contributed by atoms with Crippen molar-refractivity contribution >= 4 is 11.8 Å². The first-order valence-electron chi connectivity index (χ1n) is 4.90. The molecule has 0 radical (unpaired) electrons. The summed E-state index contributed by atoms with van der Waals surface area (Å²) in [6, 6.07) is 8.55. The van der Waals surface area contributed by atoms with Gasteiger partial charge in [-0.1, -0.05) is 19.1 Å². The SMILES string of the molecule is CCc1ccc(Sc2nncn2C)cc1. The van der Waals surface area contributed by atoms with Crippen molar-refractivity contribution in [3.63, 3.8) is 0 Å². The van der Waals surface area contributed by atoms with Gasteiger partial charge in [0, 0.05) is 11.9 Å². The molecule has 0 aliphatic rings. The van der Waals surface area contributed by atoms with E-state index in [0.29, 0.717) is 0 Å². The summed E-state index contributed by atoms with van der Waals surface area (Å²) in [5, 5.41) is 8.79. The van der Waals surface area contributed by atoms with Gasteiger partial charge in [0.15, 0.2) is 5.16 Å². The van der Waals surface area contributed by atoms with Crippen LogP contribution in [0.2, 0.25) is 0 Å². The number of hydrogen-bond donors (Lipinski definition) is 0. The van der Waals surface area contributed by atoms with Crippen LogP contribution in [0.1, 0.15) is 12.5 Å². The molecule has 0 saturated carbocycles. The second-order valence-electron chi connectivity index (χ2n) is 3.32. The highest BCUT2D eigenvalue weighted by atomic mass is 32.2. The van der Waals surface area contributed by atoms with Gasteiger partial charge in [0.2, 0.25) is 0 Å². The maximum absolute atomic E-state index is 4.03. The summed E-state index contributed by atoms with van der Waals surface area (Å²) in [6.45, 7) is 2.16. The average molecular weight is 219 g/mol. The highest BCUT2D eigenvalue weighted by Crippen LogP contribution is 2.25. The zero-order valence-corrected chi connectivity index (χ0v) is 9.66. The van der Waals surface area contributed by atoms with E-state index in [1.807, 2.05) is 11.6 Å². The third-order valence-electron chi connectivity index (χ3n) is 2.21. The molecule has 3 nitrogen and oxygen atoms in total. The van der Waals surface area contributed by atoms with Gasteiger partial charge in [0.05, 0.1) is 0 Å². The van der Waals surface area contributed by atoms with Gasteiger partial charge in [-0.15, -0.1) is 10.2 Å². The first-order valence-corrected chi connectivity index (χ1v) is 5.72. The van der Waals surface area contributed by atoms with Gasteiger partial charge in [-0.25, -0.2) is 0 Å². The fraction of sp³-hybridized carbons (Fsp3) is 0.273. The van der Waals surface area contributed by atoms with Gasteiger partial charge < -0.3 is 4.57 Å². The largest absolute Gasteiger partial charge is 0.311 e. The topological polar surface area (TPSA) is 30.7 Å². The van der Waals surface area contributed by atoms with E-state index in [4.69, 9.17) is 0 Å². The molecule has 2 aromatic rings. The van der Waals surface area contributed by atoms with Gasteiger partial charge in [-0.05, 0) is 35.9 Å². The van der Waals surface area contributed by atoms with Crippen molar-refractivity contribution in [1.82, 2.24) is 14.8 Å². The van der Waals surface area contributed by atoms with E-state index in [9.17, 15) is 0 Å². The molecular weight excluding hydrogens is 206 g/mol. The minimum atomic E-state index is 0.916. The highest BCUT2D eigenvalue weighted by Gasteiger charge is 2.02. The molecule has 0 N–H and O–H groups in total. The number of nitrogens with zero attached hydrogens (tertiary/aromatic N) is 3. The molecule has 1 heterocycles. The standard InChI is InChI=1S/C11H13N3S/c1-3-9-4-6-10(7-5-9)15-11-13-12-8-14(11)2/h4-8H,3H2,1-2H3. The van der Waals surface area contributed by atoms with E-state index >= 15 is 0 Å². The van der Waals surface area contributed by atoms with Crippen molar-refractivity contribution < 1.29 is 0 Å². The van der Waals surface area contributed by atoms with Crippen LogP contribution in [0, 0.1) is 0 Å². The van der Waals surface area contributed by atoms with E-state index in [-0.39, 0.29) is 0 Å². The van der Waals surface area contributed by atoms with Crippen LogP contribution in [-0.4, -0.2) is 14.8 Å². The van der Waals surface area contributed by atoms with Gasteiger partial charge in [0.25, 0.3) is 0 Å². The molecule has 0 amide bonds. The summed E-state index contributed by atoms with van der Waals surface area (Å²) in [5.74, 6) is 0. The summed E-state index contributed by atoms with van der Waals surface area (Å²) in [6.07, 6.45) is 2.79. The Labute approximate surface area is 93.5 Å². The molecule has 2 rings (SSSR count). The molecule has 78 valence electrons. The maximum Gasteiger partial charge on any atom is 0.195 e. The van der Waals surface area contributed by atoms with Gasteiger partial charge in [-0.2, -0.15) is 0 Å². The Morgan fingerprint density at radius 1 is 1.27 bits per heavy atom. The fourth-order valence-corrected chi connectivity index (χ4v) is 2.03. The van der Waals surface area contributed by atoms with Crippen LogP contribution < -0.4 is 0 Å². The van der Waals surface area contributed by atoms with Crippen molar-refractivity contribution in [3.05, 3.63) is 36.2 Å². The molecule has 0 unspecified atom stereocenters. The Morgan fingerprint density at radius 2 is 2.00 bits per heavy atom. The van der Waals surface area contributed by atoms with Crippen molar-refractivity contribution in [2.45, 2.75) is 23.4 Å². The Balaban J connectivity index is 2.14. The lowest BCUT2D eigenvalue weighted by molar-refractivity contribution is 0.788. The zero-order valence-electron chi connectivity index (χ0n) is 8.84. The van der Waals surface area contributed by atoms with Crippen LogP contribution in [0.4, 0.5) is 0 Å². The van der Waals surface area contributed by atoms with Crippen molar-refractivity contribution in [2.24, 2.45) is 7.05 Å². The molecule has 15 heavy (non-hydrogen) atoms. The number of rotatable bonds is 3. The number of benzene rings is 1. The van der Waals surface area contributed by atoms with Crippen molar-refractivity contribution in [3.8, 4) is 0 Å². The summed E-state index contributed by atoms with van der Waals surface area (Å²) < 4.78 is 1.92. The maximum atomic E-state index is 4.03. The first kappa shape index (κ1) is 10.2. The monoisotopic (exact) mass is 219 g/mol. The summed E-state index contributed by atoms with van der Waals surface area (Å²) in [5.41, 5.74) is 1.36. The number of aromatic nitrogens is 3. The zero-order chi connectivity index (χ0) is 10.7. The lowest BCUT2D eigenvalue weighted by Gasteiger charge is -2.01. The predicted octanol–water partition coefficient (Wildman–Crippen LogP) is 2.53. The third kappa shape index (κ3) is 2.39. The molecule has 0 aliphatic heterocycles. The van der Waals surface area contributed by atoms with Crippen LogP contribution in [0.15, 0.2) is 40.6 Å². The first-order chi connectivity index (χ1) is 7.29. The molecule has 0 spiro atoms. The molecule has 1 aromatic carbocycles. The fourth-order valence-electron chi connectivity index (χ4n) is 1.26. The van der Waals surface area contributed by atoms with Crippen molar-refractivity contribution in [1.29, 1.82) is 0 Å². The molecule has 0 aliphatic carbocycles. The lowest BCUT2D eigenvalue weighted by atomic mass is 10.2. The summed E-state index contributed by atoms with van der Waals surface area (Å²) in [4.78, 5) is 1.20. The minimum absolute atomic E-state index is 0.916. The lowest BCUT2D eigenvalue weighted by Crippen LogP contribution is -1.88. The second kappa shape index (κ2) is 4.49. The van der Waals surface area contributed by atoms with Gasteiger partial charge >= 0.3 is 0 Å². The van der Waals surface area contributed by atoms with Crippen LogP contribution in [0.25, 0.3) is 0 Å². The van der Waals surface area contributed by atoms with E-state index < -0.39 is 0 Å². The summed E-state index contributed by atoms with van der Waals surface area (Å²) in [7, 11) is 1.95. The molecule has 0 saturated heterocycles. The van der Waals surface area contributed by atoms with Crippen LogP contribution in [-0.2, 0) is 13.5 Å². The second-order valence-corrected chi connectivity index (χ2v) is 4.36. The minimum Gasteiger partial charge on any atom is -0.311 e. The van der Waals surface area contributed by atoms with Crippen molar-refractivity contribution in [2.75, 3.05) is 0 Å². The van der Waals surface area contributed by atoms with E-state index in [0.717, 1.165) is 11.6 Å². The van der Waals surface area contributed by atoms with Crippen LogP contribution in [0.3, 0.4) is 0 Å². The molecule has 0 fully saturated rings. The van der Waals surface area contributed by atoms with E-state index in [1.54, 1.807) is 18.1 Å². The average Bonchev–Trinajstić information content (AvgIpc) is 2.66. The highest BCUT2D eigenvalue weighted by molar-refractivity contribution is 7.99. The predicted molar refractivity (Wildman–Crippen MR) is 60.9 cm³/mol. The molecule has 4 heteroatoms. The normalized spacial score (nSPS) is 10.5. The molecule has 1 aromatic heterocycles. The Bertz CT molecular complexity index is 433. The smallest absolute Gasteiger partial charge is 0.195 e. The quantitative estimate of drug-likeness (QED) is 0.794. The molecule has 0 bridgehead atoms. The molecule has 0 atom stereocenters. The Kier molecular flexibility index (Phi) is 3.06. The number of aryl methyl sites for hydroxylation is 2. The van der Waals surface area contributed by atoms with Gasteiger partial charge in [0.1, 0.15) is 6.33 Å². The van der Waals surface area contributed by atoms with Gasteiger partial charge in [-0.3, -0.25) is 0 Å². The van der Waals surface area contributed by atoms with E-state index in [1.165, 1.54) is 10.5 Å². The summed E-state index contributed by atoms with van der Waals surface area (Å²) >= 11 is 1.63. The third-order valence-corrected chi connectivity index (χ3v) is 3.27.